The second-order valence-corrected chi connectivity index (χ2v) is 10.1. The van der Waals surface area contributed by atoms with Gasteiger partial charge in [-0.15, -0.1) is 0 Å². The fraction of sp³-hybridized carbons (Fsp3) is 0.870. The molecule has 0 saturated carbocycles. The van der Waals surface area contributed by atoms with Crippen LogP contribution >= 0.6 is 0 Å². The first kappa shape index (κ1) is 30.8. The van der Waals surface area contributed by atoms with Crippen molar-refractivity contribution in [1.29, 1.82) is 0 Å². The molecule has 2 unspecified atom stereocenters. The number of amides is 3. The van der Waals surface area contributed by atoms with Crippen LogP contribution in [0.2, 0.25) is 0 Å². The number of nitrogens with one attached hydrogen (secondary N) is 4. The predicted molar refractivity (Wildman–Crippen MR) is 128 cm³/mol. The van der Waals surface area contributed by atoms with Crippen LogP contribution in [0, 0.1) is 0 Å². The molecule has 3 amide bonds. The van der Waals surface area contributed by atoms with Crippen molar-refractivity contribution in [2.75, 3.05) is 26.2 Å². The van der Waals surface area contributed by atoms with Gasteiger partial charge in [-0.25, -0.2) is 14.4 Å². The Bertz CT molecular complexity index is 586. The summed E-state index contributed by atoms with van der Waals surface area (Å²) < 4.78 is 15.6. The third-order valence-electron chi connectivity index (χ3n) is 4.14. The summed E-state index contributed by atoms with van der Waals surface area (Å²) in [5, 5.41) is 11.5. The van der Waals surface area contributed by atoms with Crippen molar-refractivity contribution >= 4 is 18.3 Å². The third-order valence-corrected chi connectivity index (χ3v) is 4.14. The molecule has 0 aromatic heterocycles. The Balaban J connectivity index is 3.69. The molecule has 0 aliphatic heterocycles. The van der Waals surface area contributed by atoms with Gasteiger partial charge in [0.15, 0.2) is 0 Å². The van der Waals surface area contributed by atoms with Crippen LogP contribution in [0.15, 0.2) is 0 Å². The number of hydrogen-bond donors (Lipinski definition) is 4. The molecule has 0 radical (unpaired) electrons. The van der Waals surface area contributed by atoms with Crippen LogP contribution in [-0.4, -0.2) is 67.8 Å². The molecule has 0 fully saturated rings. The van der Waals surface area contributed by atoms with Crippen molar-refractivity contribution in [3.63, 3.8) is 0 Å². The number of ether oxygens (including phenoxy) is 3. The SMILES string of the molecule is CC(CCNC(=O)OC(C)(C)C)NCCCCNC(=O)OC(C)CCNC(=O)OC(C)(C)C. The summed E-state index contributed by atoms with van der Waals surface area (Å²) in [6, 6.07) is 0.257. The number of alkyl carbamates (subject to hydrolysis) is 3. The second-order valence-electron chi connectivity index (χ2n) is 10.1. The summed E-state index contributed by atoms with van der Waals surface area (Å²) in [6.45, 7) is 17.0. The van der Waals surface area contributed by atoms with Gasteiger partial charge >= 0.3 is 18.3 Å². The smallest absolute Gasteiger partial charge is 0.407 e. The molecule has 10 nitrogen and oxygen atoms in total. The Labute approximate surface area is 199 Å². The summed E-state index contributed by atoms with van der Waals surface area (Å²) in [5.74, 6) is 0. The lowest BCUT2D eigenvalue weighted by Gasteiger charge is -2.20. The predicted octanol–water partition coefficient (Wildman–Crippen LogP) is 3.69. The lowest BCUT2D eigenvalue weighted by atomic mass is 10.2. The van der Waals surface area contributed by atoms with E-state index in [2.05, 4.69) is 28.2 Å². The van der Waals surface area contributed by atoms with Crippen LogP contribution in [0.3, 0.4) is 0 Å². The highest BCUT2D eigenvalue weighted by Gasteiger charge is 2.17. The number of unbranched alkanes of at least 4 members (excludes halogenated alkanes) is 1. The van der Waals surface area contributed by atoms with Crippen LogP contribution in [0.1, 0.15) is 81.1 Å². The number of hydrogen-bond acceptors (Lipinski definition) is 7. The van der Waals surface area contributed by atoms with Crippen molar-refractivity contribution in [1.82, 2.24) is 21.3 Å². The van der Waals surface area contributed by atoms with E-state index < -0.39 is 29.5 Å². The van der Waals surface area contributed by atoms with Crippen molar-refractivity contribution in [3.05, 3.63) is 0 Å². The van der Waals surface area contributed by atoms with Crippen molar-refractivity contribution < 1.29 is 28.6 Å². The highest BCUT2D eigenvalue weighted by atomic mass is 16.6. The molecule has 0 aliphatic rings. The summed E-state index contributed by atoms with van der Waals surface area (Å²) >= 11 is 0. The van der Waals surface area contributed by atoms with Gasteiger partial charge in [0.05, 0.1) is 0 Å². The average Bonchev–Trinajstić information content (AvgIpc) is 2.61. The number of rotatable bonds is 13. The normalized spacial score (nSPS) is 13.5. The molecule has 0 aromatic carbocycles. The second kappa shape index (κ2) is 15.6. The Morgan fingerprint density at radius 2 is 1.12 bits per heavy atom. The fourth-order valence-electron chi connectivity index (χ4n) is 2.57. The zero-order valence-electron chi connectivity index (χ0n) is 21.8. The molecule has 10 heteroatoms. The van der Waals surface area contributed by atoms with E-state index in [1.165, 1.54) is 0 Å². The van der Waals surface area contributed by atoms with Gasteiger partial charge < -0.3 is 35.5 Å². The molecule has 0 rings (SSSR count). The number of carbonyl (C=O) groups excluding carboxylic acids is 3. The fourth-order valence-corrected chi connectivity index (χ4v) is 2.57. The van der Waals surface area contributed by atoms with Crippen LogP contribution in [0.25, 0.3) is 0 Å². The minimum atomic E-state index is -0.543. The summed E-state index contributed by atoms with van der Waals surface area (Å²) in [4.78, 5) is 35.0. The van der Waals surface area contributed by atoms with Crippen molar-refractivity contribution in [2.45, 2.75) is 104 Å². The van der Waals surface area contributed by atoms with E-state index in [1.807, 2.05) is 20.8 Å². The molecular formula is C23H46N4O6. The molecular weight excluding hydrogens is 428 g/mol. The molecule has 0 heterocycles. The van der Waals surface area contributed by atoms with E-state index in [0.29, 0.717) is 26.1 Å². The van der Waals surface area contributed by atoms with Gasteiger partial charge in [-0.2, -0.15) is 0 Å². The van der Waals surface area contributed by atoms with E-state index in [9.17, 15) is 14.4 Å². The topological polar surface area (TPSA) is 127 Å². The molecule has 0 saturated heterocycles. The molecule has 4 N–H and O–H groups in total. The molecule has 0 aliphatic carbocycles. The standard InChI is InChI=1S/C23H46N4O6/c1-17(11-15-26-20(29)32-22(3,4)5)24-13-9-10-14-25-19(28)31-18(2)12-16-27-21(30)33-23(6,7)8/h17-18,24H,9-16H2,1-8H3,(H,25,28)(H,26,29)(H,27,30). The van der Waals surface area contributed by atoms with E-state index in [-0.39, 0.29) is 12.1 Å². The molecule has 2 atom stereocenters. The van der Waals surface area contributed by atoms with Gasteiger partial charge in [0.2, 0.25) is 0 Å². The van der Waals surface area contributed by atoms with Gasteiger partial charge in [0.1, 0.15) is 17.3 Å². The maximum absolute atomic E-state index is 11.8. The van der Waals surface area contributed by atoms with Crippen LogP contribution in [-0.2, 0) is 14.2 Å². The minimum Gasteiger partial charge on any atom is -0.446 e. The van der Waals surface area contributed by atoms with Gasteiger partial charge in [-0.05, 0) is 81.2 Å². The maximum atomic E-state index is 11.8. The zero-order chi connectivity index (χ0) is 25.5. The Kier molecular flexibility index (Phi) is 14.5. The monoisotopic (exact) mass is 474 g/mol. The van der Waals surface area contributed by atoms with Gasteiger partial charge in [0, 0.05) is 32.1 Å². The Morgan fingerprint density at radius 3 is 1.64 bits per heavy atom. The van der Waals surface area contributed by atoms with E-state index in [0.717, 1.165) is 25.8 Å². The van der Waals surface area contributed by atoms with Crippen LogP contribution in [0.4, 0.5) is 14.4 Å². The summed E-state index contributed by atoms with van der Waals surface area (Å²) in [5.41, 5.74) is -1.04. The first-order valence-corrected chi connectivity index (χ1v) is 11.8. The van der Waals surface area contributed by atoms with Gasteiger partial charge in [0.25, 0.3) is 0 Å². The third kappa shape index (κ3) is 21.4. The Morgan fingerprint density at radius 1 is 0.667 bits per heavy atom. The molecule has 194 valence electrons. The molecule has 0 aromatic rings. The quantitative estimate of drug-likeness (QED) is 0.237. The zero-order valence-corrected chi connectivity index (χ0v) is 21.8. The average molecular weight is 475 g/mol. The largest absolute Gasteiger partial charge is 0.446 e. The summed E-state index contributed by atoms with van der Waals surface area (Å²) in [7, 11) is 0. The van der Waals surface area contributed by atoms with E-state index in [4.69, 9.17) is 14.2 Å². The van der Waals surface area contributed by atoms with Gasteiger partial charge in [-0.3, -0.25) is 0 Å². The first-order chi connectivity index (χ1) is 15.2. The minimum absolute atomic E-state index is 0.257. The van der Waals surface area contributed by atoms with Crippen LogP contribution in [0.5, 0.6) is 0 Å². The highest BCUT2D eigenvalue weighted by Crippen LogP contribution is 2.07. The van der Waals surface area contributed by atoms with E-state index in [1.54, 1.807) is 27.7 Å². The molecule has 0 spiro atoms. The summed E-state index contributed by atoms with van der Waals surface area (Å²) in [6.07, 6.45) is 1.34. The molecule has 33 heavy (non-hydrogen) atoms. The van der Waals surface area contributed by atoms with Crippen molar-refractivity contribution in [3.8, 4) is 0 Å². The van der Waals surface area contributed by atoms with Crippen LogP contribution < -0.4 is 21.3 Å². The Hall–Kier alpha value is -2.23. The van der Waals surface area contributed by atoms with E-state index >= 15 is 0 Å². The highest BCUT2D eigenvalue weighted by molar-refractivity contribution is 5.68. The van der Waals surface area contributed by atoms with Gasteiger partial charge in [-0.1, -0.05) is 0 Å². The first-order valence-electron chi connectivity index (χ1n) is 11.8. The molecule has 0 bridgehead atoms. The number of carbonyl (C=O) groups is 3. The van der Waals surface area contributed by atoms with Crippen molar-refractivity contribution in [2.24, 2.45) is 0 Å². The lowest BCUT2D eigenvalue weighted by molar-refractivity contribution is 0.0507. The lowest BCUT2D eigenvalue weighted by Crippen LogP contribution is -2.36. The maximum Gasteiger partial charge on any atom is 0.407 e.